The highest BCUT2D eigenvalue weighted by molar-refractivity contribution is 5.66. The SMILES string of the molecule is Cc1ccc(-c2ccc(C)c(OCC(F)(F)F)c2)cc1. The van der Waals surface area contributed by atoms with E-state index in [1.165, 1.54) is 0 Å². The molecule has 0 aliphatic carbocycles. The predicted molar refractivity (Wildman–Crippen MR) is 72.9 cm³/mol. The summed E-state index contributed by atoms with van der Waals surface area (Å²) in [4.78, 5) is 0. The average molecular weight is 280 g/mol. The number of hydrogen-bond donors (Lipinski definition) is 0. The van der Waals surface area contributed by atoms with Crippen LogP contribution < -0.4 is 4.74 Å². The van der Waals surface area contributed by atoms with Gasteiger partial charge in [0.15, 0.2) is 6.61 Å². The highest BCUT2D eigenvalue weighted by Crippen LogP contribution is 2.28. The van der Waals surface area contributed by atoms with E-state index in [-0.39, 0.29) is 5.75 Å². The first-order valence-electron chi connectivity index (χ1n) is 6.22. The zero-order valence-electron chi connectivity index (χ0n) is 11.3. The van der Waals surface area contributed by atoms with Gasteiger partial charge in [0, 0.05) is 0 Å². The van der Waals surface area contributed by atoms with Crippen LogP contribution in [0.15, 0.2) is 42.5 Å². The van der Waals surface area contributed by atoms with Crippen molar-refractivity contribution in [3.8, 4) is 16.9 Å². The highest BCUT2D eigenvalue weighted by Gasteiger charge is 2.28. The van der Waals surface area contributed by atoms with Gasteiger partial charge >= 0.3 is 6.18 Å². The van der Waals surface area contributed by atoms with Gasteiger partial charge in [0.1, 0.15) is 5.75 Å². The van der Waals surface area contributed by atoms with E-state index < -0.39 is 12.8 Å². The molecule has 0 atom stereocenters. The largest absolute Gasteiger partial charge is 0.484 e. The molecule has 0 amide bonds. The monoisotopic (exact) mass is 280 g/mol. The lowest BCUT2D eigenvalue weighted by molar-refractivity contribution is -0.153. The van der Waals surface area contributed by atoms with Crippen molar-refractivity contribution in [3.05, 3.63) is 53.6 Å². The Morgan fingerprint density at radius 1 is 0.900 bits per heavy atom. The molecule has 0 radical (unpaired) electrons. The Kier molecular flexibility index (Phi) is 4.02. The zero-order valence-corrected chi connectivity index (χ0v) is 11.3. The normalized spacial score (nSPS) is 11.4. The van der Waals surface area contributed by atoms with Crippen LogP contribution in [0.3, 0.4) is 0 Å². The molecule has 0 saturated heterocycles. The van der Waals surface area contributed by atoms with Crippen molar-refractivity contribution in [3.63, 3.8) is 0 Å². The maximum Gasteiger partial charge on any atom is 0.422 e. The molecule has 2 aromatic carbocycles. The van der Waals surface area contributed by atoms with Crippen LogP contribution >= 0.6 is 0 Å². The fourth-order valence-electron chi connectivity index (χ4n) is 1.84. The molecular formula is C16H15F3O. The predicted octanol–water partition coefficient (Wildman–Crippen LogP) is 4.91. The molecule has 0 N–H and O–H groups in total. The molecule has 0 saturated carbocycles. The molecule has 0 aliphatic heterocycles. The Hall–Kier alpha value is -1.97. The van der Waals surface area contributed by atoms with E-state index in [1.807, 2.05) is 37.3 Å². The van der Waals surface area contributed by atoms with Gasteiger partial charge in [-0.1, -0.05) is 42.0 Å². The van der Waals surface area contributed by atoms with E-state index in [9.17, 15) is 13.2 Å². The Balaban J connectivity index is 2.26. The molecule has 0 aliphatic rings. The molecule has 0 unspecified atom stereocenters. The minimum absolute atomic E-state index is 0.264. The van der Waals surface area contributed by atoms with Gasteiger partial charge in [-0.15, -0.1) is 0 Å². The van der Waals surface area contributed by atoms with Gasteiger partial charge in [0.25, 0.3) is 0 Å². The maximum atomic E-state index is 12.2. The maximum absolute atomic E-state index is 12.2. The van der Waals surface area contributed by atoms with Crippen LogP contribution in [0.25, 0.3) is 11.1 Å². The summed E-state index contributed by atoms with van der Waals surface area (Å²) >= 11 is 0. The lowest BCUT2D eigenvalue weighted by Crippen LogP contribution is -2.19. The molecule has 0 aromatic heterocycles. The van der Waals surface area contributed by atoms with Crippen molar-refractivity contribution in [2.24, 2.45) is 0 Å². The summed E-state index contributed by atoms with van der Waals surface area (Å²) in [5.74, 6) is 0.264. The Bertz CT molecular complexity index is 586. The van der Waals surface area contributed by atoms with Crippen LogP contribution in [0, 0.1) is 13.8 Å². The number of aryl methyl sites for hydroxylation is 2. The lowest BCUT2D eigenvalue weighted by atomic mass is 10.0. The van der Waals surface area contributed by atoms with Crippen molar-refractivity contribution in [2.75, 3.05) is 6.61 Å². The second-order valence-corrected chi connectivity index (χ2v) is 4.75. The third-order valence-corrected chi connectivity index (χ3v) is 2.96. The van der Waals surface area contributed by atoms with Crippen LogP contribution in [0.5, 0.6) is 5.75 Å². The number of rotatable bonds is 3. The quantitative estimate of drug-likeness (QED) is 0.776. The summed E-state index contributed by atoms with van der Waals surface area (Å²) in [6.45, 7) is 2.44. The van der Waals surface area contributed by atoms with Crippen molar-refractivity contribution in [1.82, 2.24) is 0 Å². The van der Waals surface area contributed by atoms with Crippen molar-refractivity contribution >= 4 is 0 Å². The Labute approximate surface area is 116 Å². The Morgan fingerprint density at radius 2 is 1.50 bits per heavy atom. The summed E-state index contributed by atoms with van der Waals surface area (Å²) in [7, 11) is 0. The molecule has 106 valence electrons. The van der Waals surface area contributed by atoms with Gasteiger partial charge in [-0.25, -0.2) is 0 Å². The molecule has 4 heteroatoms. The van der Waals surface area contributed by atoms with E-state index in [4.69, 9.17) is 4.74 Å². The van der Waals surface area contributed by atoms with Crippen molar-refractivity contribution in [1.29, 1.82) is 0 Å². The minimum atomic E-state index is -4.33. The van der Waals surface area contributed by atoms with Gasteiger partial charge in [-0.2, -0.15) is 13.2 Å². The average Bonchev–Trinajstić information content (AvgIpc) is 2.38. The first-order valence-corrected chi connectivity index (χ1v) is 6.22. The molecule has 0 bridgehead atoms. The number of hydrogen-bond acceptors (Lipinski definition) is 1. The van der Waals surface area contributed by atoms with E-state index in [0.717, 1.165) is 16.7 Å². The molecule has 1 nitrogen and oxygen atoms in total. The minimum Gasteiger partial charge on any atom is -0.484 e. The van der Waals surface area contributed by atoms with Crippen LogP contribution in [0.2, 0.25) is 0 Å². The summed E-state index contributed by atoms with van der Waals surface area (Å²) in [5.41, 5.74) is 3.61. The number of alkyl halides is 3. The Morgan fingerprint density at radius 3 is 2.10 bits per heavy atom. The fraction of sp³-hybridized carbons (Fsp3) is 0.250. The third kappa shape index (κ3) is 3.76. The molecule has 20 heavy (non-hydrogen) atoms. The van der Waals surface area contributed by atoms with E-state index in [1.54, 1.807) is 19.1 Å². The smallest absolute Gasteiger partial charge is 0.422 e. The highest BCUT2D eigenvalue weighted by atomic mass is 19.4. The third-order valence-electron chi connectivity index (χ3n) is 2.96. The van der Waals surface area contributed by atoms with Gasteiger partial charge in [0.2, 0.25) is 0 Å². The van der Waals surface area contributed by atoms with Crippen molar-refractivity contribution < 1.29 is 17.9 Å². The van der Waals surface area contributed by atoms with E-state index in [0.29, 0.717) is 5.56 Å². The number of halogens is 3. The standard InChI is InChI=1S/C16H15F3O/c1-11-3-6-13(7-4-11)14-8-5-12(2)15(9-14)20-10-16(17,18)19/h3-9H,10H2,1-2H3. The lowest BCUT2D eigenvalue weighted by Gasteiger charge is -2.13. The number of benzene rings is 2. The van der Waals surface area contributed by atoms with Crippen LogP contribution in [0.4, 0.5) is 13.2 Å². The second kappa shape index (κ2) is 5.57. The number of ether oxygens (including phenoxy) is 1. The van der Waals surface area contributed by atoms with E-state index in [2.05, 4.69) is 0 Å². The van der Waals surface area contributed by atoms with Gasteiger partial charge in [-0.3, -0.25) is 0 Å². The molecule has 0 fully saturated rings. The second-order valence-electron chi connectivity index (χ2n) is 4.75. The zero-order chi connectivity index (χ0) is 14.8. The first kappa shape index (κ1) is 14.4. The fourth-order valence-corrected chi connectivity index (χ4v) is 1.84. The van der Waals surface area contributed by atoms with E-state index >= 15 is 0 Å². The summed E-state index contributed by atoms with van der Waals surface area (Å²) in [6, 6.07) is 13.1. The summed E-state index contributed by atoms with van der Waals surface area (Å²) in [5, 5.41) is 0. The summed E-state index contributed by atoms with van der Waals surface area (Å²) in [6.07, 6.45) is -4.33. The molecule has 2 rings (SSSR count). The van der Waals surface area contributed by atoms with Gasteiger partial charge < -0.3 is 4.74 Å². The first-order chi connectivity index (χ1) is 9.35. The van der Waals surface area contributed by atoms with Gasteiger partial charge in [0.05, 0.1) is 0 Å². The van der Waals surface area contributed by atoms with Crippen LogP contribution in [-0.2, 0) is 0 Å². The molecule has 0 heterocycles. The summed E-state index contributed by atoms with van der Waals surface area (Å²) < 4.78 is 41.5. The molecular weight excluding hydrogens is 265 g/mol. The molecule has 0 spiro atoms. The van der Waals surface area contributed by atoms with Crippen LogP contribution in [0.1, 0.15) is 11.1 Å². The van der Waals surface area contributed by atoms with Crippen LogP contribution in [-0.4, -0.2) is 12.8 Å². The topological polar surface area (TPSA) is 9.23 Å². The van der Waals surface area contributed by atoms with Crippen molar-refractivity contribution in [2.45, 2.75) is 20.0 Å². The molecule has 2 aromatic rings. The van der Waals surface area contributed by atoms with Gasteiger partial charge in [-0.05, 0) is 36.6 Å².